The largest absolute Gasteiger partial charge is 0.495 e. The molecule has 0 aromatic heterocycles. The van der Waals surface area contributed by atoms with Gasteiger partial charge in [0.15, 0.2) is 0 Å². The fraction of sp³-hybridized carbons (Fsp3) is 0.188. The van der Waals surface area contributed by atoms with E-state index in [9.17, 15) is 14.9 Å². The zero-order valence-corrected chi connectivity index (χ0v) is 14.0. The number of carbonyl (C=O) groups excluding carboxylic acids is 1. The molecule has 7 nitrogen and oxygen atoms in total. The van der Waals surface area contributed by atoms with E-state index in [-0.39, 0.29) is 11.3 Å². The molecule has 0 bridgehead atoms. The molecule has 2 aromatic rings. The highest BCUT2D eigenvalue weighted by atomic mass is 35.5. The lowest BCUT2D eigenvalue weighted by Gasteiger charge is -2.13. The molecule has 0 unspecified atom stereocenters. The Labute approximate surface area is 143 Å². The van der Waals surface area contributed by atoms with E-state index in [0.717, 1.165) is 0 Å². The van der Waals surface area contributed by atoms with Crippen LogP contribution in [0.1, 0.15) is 15.9 Å². The fourth-order valence-corrected chi connectivity index (χ4v) is 2.34. The summed E-state index contributed by atoms with van der Waals surface area (Å²) in [6.07, 6.45) is 0. The summed E-state index contributed by atoms with van der Waals surface area (Å²) in [5, 5.41) is 13.9. The van der Waals surface area contributed by atoms with E-state index < -0.39 is 10.8 Å². The molecule has 2 rings (SSSR count). The molecule has 126 valence electrons. The standard InChI is InChI=1S/C16H15ClN2O5/c1-9-4-5-10(6-13(9)19(21)22)16(20)18-12-7-11(17)14(23-2)8-15(12)24-3/h4-8H,1-3H3,(H,18,20). The molecule has 0 aliphatic carbocycles. The molecule has 0 atom stereocenters. The molecule has 8 heteroatoms. The molecule has 0 heterocycles. The molecular formula is C16H15ClN2O5. The second-order valence-electron chi connectivity index (χ2n) is 4.90. The Hall–Kier alpha value is -2.80. The maximum Gasteiger partial charge on any atom is 0.273 e. The molecule has 0 saturated heterocycles. The summed E-state index contributed by atoms with van der Waals surface area (Å²) < 4.78 is 10.3. The van der Waals surface area contributed by atoms with Gasteiger partial charge in [-0.2, -0.15) is 0 Å². The molecule has 2 aromatic carbocycles. The quantitative estimate of drug-likeness (QED) is 0.653. The van der Waals surface area contributed by atoms with E-state index in [1.54, 1.807) is 6.92 Å². The Kier molecular flexibility index (Phi) is 5.25. The normalized spacial score (nSPS) is 10.2. The van der Waals surface area contributed by atoms with Gasteiger partial charge in [0.1, 0.15) is 11.5 Å². The van der Waals surface area contributed by atoms with Gasteiger partial charge >= 0.3 is 0 Å². The number of halogens is 1. The van der Waals surface area contributed by atoms with Crippen molar-refractivity contribution in [1.29, 1.82) is 0 Å². The Bertz CT molecular complexity index is 807. The Morgan fingerprint density at radius 2 is 1.83 bits per heavy atom. The number of benzene rings is 2. The van der Waals surface area contributed by atoms with Gasteiger partial charge in [-0.1, -0.05) is 17.7 Å². The van der Waals surface area contributed by atoms with E-state index in [2.05, 4.69) is 5.32 Å². The number of hydrogen-bond donors (Lipinski definition) is 1. The number of rotatable bonds is 5. The fourth-order valence-electron chi connectivity index (χ4n) is 2.10. The Morgan fingerprint density at radius 1 is 1.17 bits per heavy atom. The number of carbonyl (C=O) groups is 1. The second-order valence-corrected chi connectivity index (χ2v) is 5.31. The number of nitrogens with one attached hydrogen (secondary N) is 1. The third kappa shape index (κ3) is 3.57. The molecule has 0 spiro atoms. The number of nitrogens with zero attached hydrogens (tertiary/aromatic N) is 1. The number of aryl methyl sites for hydroxylation is 1. The van der Waals surface area contributed by atoms with Gasteiger partial charge in [-0.3, -0.25) is 14.9 Å². The van der Waals surface area contributed by atoms with Crippen molar-refractivity contribution < 1.29 is 19.2 Å². The lowest BCUT2D eigenvalue weighted by molar-refractivity contribution is -0.385. The molecule has 1 N–H and O–H groups in total. The zero-order chi connectivity index (χ0) is 17.9. The van der Waals surface area contributed by atoms with Gasteiger partial charge in [0.2, 0.25) is 0 Å². The highest BCUT2D eigenvalue weighted by Gasteiger charge is 2.17. The van der Waals surface area contributed by atoms with Crippen LogP contribution in [0.3, 0.4) is 0 Å². The van der Waals surface area contributed by atoms with Crippen molar-refractivity contribution in [3.8, 4) is 11.5 Å². The van der Waals surface area contributed by atoms with E-state index in [1.165, 1.54) is 44.6 Å². The van der Waals surface area contributed by atoms with Gasteiger partial charge in [-0.15, -0.1) is 0 Å². The summed E-state index contributed by atoms with van der Waals surface area (Å²) in [6, 6.07) is 7.28. The molecule has 0 aliphatic heterocycles. The number of amides is 1. The minimum Gasteiger partial charge on any atom is -0.495 e. The van der Waals surface area contributed by atoms with Gasteiger partial charge in [-0.25, -0.2) is 0 Å². The number of ether oxygens (including phenoxy) is 2. The molecule has 0 fully saturated rings. The zero-order valence-electron chi connectivity index (χ0n) is 13.3. The van der Waals surface area contributed by atoms with Crippen molar-refractivity contribution in [2.75, 3.05) is 19.5 Å². The van der Waals surface area contributed by atoms with Crippen LogP contribution in [0.2, 0.25) is 5.02 Å². The number of methoxy groups -OCH3 is 2. The number of nitro benzene ring substituents is 1. The Morgan fingerprint density at radius 3 is 2.42 bits per heavy atom. The van der Waals surface area contributed by atoms with Crippen LogP contribution < -0.4 is 14.8 Å². The average Bonchev–Trinajstić information content (AvgIpc) is 2.55. The van der Waals surface area contributed by atoms with Crippen molar-refractivity contribution in [2.24, 2.45) is 0 Å². The molecule has 1 amide bonds. The van der Waals surface area contributed by atoms with E-state index in [1.807, 2.05) is 0 Å². The van der Waals surface area contributed by atoms with Crippen LogP contribution in [0.25, 0.3) is 0 Å². The summed E-state index contributed by atoms with van der Waals surface area (Å²) >= 11 is 6.05. The van der Waals surface area contributed by atoms with Crippen molar-refractivity contribution >= 4 is 28.9 Å². The van der Waals surface area contributed by atoms with Gasteiger partial charge < -0.3 is 14.8 Å². The van der Waals surface area contributed by atoms with E-state index in [0.29, 0.717) is 27.8 Å². The number of hydrogen-bond acceptors (Lipinski definition) is 5. The van der Waals surface area contributed by atoms with Crippen LogP contribution in [-0.4, -0.2) is 25.1 Å². The highest BCUT2D eigenvalue weighted by Crippen LogP contribution is 2.36. The van der Waals surface area contributed by atoms with Crippen LogP contribution in [0.5, 0.6) is 11.5 Å². The van der Waals surface area contributed by atoms with Gasteiger partial charge in [0.25, 0.3) is 11.6 Å². The van der Waals surface area contributed by atoms with Crippen molar-refractivity contribution in [3.63, 3.8) is 0 Å². The van der Waals surface area contributed by atoms with Crippen LogP contribution in [0.4, 0.5) is 11.4 Å². The first kappa shape index (κ1) is 17.6. The van der Waals surface area contributed by atoms with Crippen molar-refractivity contribution in [2.45, 2.75) is 6.92 Å². The summed E-state index contributed by atoms with van der Waals surface area (Å²) in [7, 11) is 2.90. The van der Waals surface area contributed by atoms with Crippen LogP contribution in [0.15, 0.2) is 30.3 Å². The van der Waals surface area contributed by atoms with Gasteiger partial charge in [0, 0.05) is 23.3 Å². The molecule has 0 radical (unpaired) electrons. The minimum atomic E-state index is -0.531. The second kappa shape index (κ2) is 7.18. The SMILES string of the molecule is COc1cc(OC)c(NC(=O)c2ccc(C)c([N+](=O)[O-])c2)cc1Cl. The summed E-state index contributed by atoms with van der Waals surface area (Å²) in [5.74, 6) is 0.237. The molecular weight excluding hydrogens is 336 g/mol. The van der Waals surface area contributed by atoms with Gasteiger partial charge in [-0.05, 0) is 19.1 Å². The lowest BCUT2D eigenvalue weighted by atomic mass is 10.1. The molecule has 0 saturated carbocycles. The first-order chi connectivity index (χ1) is 11.4. The van der Waals surface area contributed by atoms with E-state index in [4.69, 9.17) is 21.1 Å². The highest BCUT2D eigenvalue weighted by molar-refractivity contribution is 6.32. The van der Waals surface area contributed by atoms with Gasteiger partial charge in [0.05, 0.1) is 29.9 Å². The summed E-state index contributed by atoms with van der Waals surface area (Å²) in [4.78, 5) is 22.8. The number of anilines is 1. The summed E-state index contributed by atoms with van der Waals surface area (Å²) in [6.45, 7) is 1.60. The minimum absolute atomic E-state index is 0.123. The van der Waals surface area contributed by atoms with Crippen LogP contribution in [0, 0.1) is 17.0 Å². The predicted molar refractivity (Wildman–Crippen MR) is 90.3 cm³/mol. The maximum atomic E-state index is 12.4. The number of nitro groups is 1. The van der Waals surface area contributed by atoms with Crippen LogP contribution >= 0.6 is 11.6 Å². The molecule has 24 heavy (non-hydrogen) atoms. The maximum absolute atomic E-state index is 12.4. The van der Waals surface area contributed by atoms with Crippen molar-refractivity contribution in [1.82, 2.24) is 0 Å². The molecule has 0 aliphatic rings. The monoisotopic (exact) mass is 350 g/mol. The Balaban J connectivity index is 2.35. The topological polar surface area (TPSA) is 90.7 Å². The summed E-state index contributed by atoms with van der Waals surface area (Å²) in [5.41, 5.74) is 0.835. The smallest absolute Gasteiger partial charge is 0.273 e. The first-order valence-corrected chi connectivity index (χ1v) is 7.23. The average molecular weight is 351 g/mol. The third-order valence-corrected chi connectivity index (χ3v) is 3.69. The predicted octanol–water partition coefficient (Wildman–Crippen LogP) is 3.83. The first-order valence-electron chi connectivity index (χ1n) is 6.85. The van der Waals surface area contributed by atoms with Crippen molar-refractivity contribution in [3.05, 3.63) is 56.6 Å². The lowest BCUT2D eigenvalue weighted by Crippen LogP contribution is -2.13. The van der Waals surface area contributed by atoms with E-state index >= 15 is 0 Å². The third-order valence-electron chi connectivity index (χ3n) is 3.39. The van der Waals surface area contributed by atoms with Crippen LogP contribution in [-0.2, 0) is 0 Å².